The Hall–Kier alpha value is -4.65. The molecule has 1 saturated carbocycles. The molecule has 1 aliphatic carbocycles. The van der Waals surface area contributed by atoms with Gasteiger partial charge >= 0.3 is 0 Å². The highest BCUT2D eigenvalue weighted by Gasteiger charge is 2.40. The molecule has 0 spiro atoms. The SMILES string of the molecule is [C-]#[N+]C(=C1C(=C(\C#N)c2ccccc2)/C1=C(\C#N)c1ccccc1)c1ccccc1. The van der Waals surface area contributed by atoms with E-state index in [1.807, 2.05) is 91.0 Å². The van der Waals surface area contributed by atoms with Crippen molar-refractivity contribution in [2.24, 2.45) is 0 Å². The first kappa shape index (κ1) is 18.7. The van der Waals surface area contributed by atoms with Crippen LogP contribution in [0.3, 0.4) is 0 Å². The zero-order chi connectivity index (χ0) is 20.9. The highest BCUT2D eigenvalue weighted by Crippen LogP contribution is 2.56. The van der Waals surface area contributed by atoms with Crippen LogP contribution >= 0.6 is 0 Å². The molecule has 138 valence electrons. The van der Waals surface area contributed by atoms with Crippen LogP contribution in [0, 0.1) is 29.2 Å². The van der Waals surface area contributed by atoms with Crippen LogP contribution < -0.4 is 0 Å². The number of hydrogen-bond acceptors (Lipinski definition) is 2. The molecule has 0 unspecified atom stereocenters. The van der Waals surface area contributed by atoms with Gasteiger partial charge < -0.3 is 0 Å². The summed E-state index contributed by atoms with van der Waals surface area (Å²) in [5.41, 5.74) is 5.74. The van der Waals surface area contributed by atoms with Gasteiger partial charge in [0.05, 0.1) is 17.7 Å². The molecule has 1 fully saturated rings. The molecule has 0 amide bonds. The molecular weight excluding hydrogens is 366 g/mol. The molecule has 3 aromatic carbocycles. The Labute approximate surface area is 175 Å². The molecule has 0 bridgehead atoms. The summed E-state index contributed by atoms with van der Waals surface area (Å²) in [6.07, 6.45) is 0. The van der Waals surface area contributed by atoms with Crippen LogP contribution in [-0.2, 0) is 0 Å². The predicted octanol–water partition coefficient (Wildman–Crippen LogP) is 6.29. The van der Waals surface area contributed by atoms with Gasteiger partial charge in [0.2, 0.25) is 5.70 Å². The van der Waals surface area contributed by atoms with Crippen molar-refractivity contribution in [2.75, 3.05) is 0 Å². The summed E-state index contributed by atoms with van der Waals surface area (Å²) in [7, 11) is 0. The quantitative estimate of drug-likeness (QED) is 0.396. The maximum atomic E-state index is 9.96. The molecule has 4 rings (SSSR count). The first-order valence-electron chi connectivity index (χ1n) is 9.38. The molecule has 0 N–H and O–H groups in total. The average molecular weight is 381 g/mol. The van der Waals surface area contributed by atoms with Crippen molar-refractivity contribution in [3.05, 3.63) is 136 Å². The van der Waals surface area contributed by atoms with E-state index in [1.54, 1.807) is 0 Å². The predicted molar refractivity (Wildman–Crippen MR) is 118 cm³/mol. The minimum atomic E-state index is 0.452. The third-order valence-electron chi connectivity index (χ3n) is 4.93. The maximum absolute atomic E-state index is 9.96. The van der Waals surface area contributed by atoms with Crippen LogP contribution in [0.5, 0.6) is 0 Å². The second-order valence-electron chi connectivity index (χ2n) is 6.66. The van der Waals surface area contributed by atoms with Gasteiger partial charge in [-0.15, -0.1) is 0 Å². The topological polar surface area (TPSA) is 51.9 Å². The van der Waals surface area contributed by atoms with Crippen LogP contribution in [0.15, 0.2) is 108 Å². The van der Waals surface area contributed by atoms with E-state index in [0.29, 0.717) is 33.6 Å². The van der Waals surface area contributed by atoms with Crippen LogP contribution in [-0.4, -0.2) is 0 Å². The maximum Gasteiger partial charge on any atom is 0.202 e. The molecule has 3 heteroatoms. The van der Waals surface area contributed by atoms with E-state index in [4.69, 9.17) is 6.57 Å². The average Bonchev–Trinajstić information content (AvgIpc) is 3.51. The Kier molecular flexibility index (Phi) is 5.08. The Balaban J connectivity index is 2.08. The van der Waals surface area contributed by atoms with Crippen molar-refractivity contribution >= 4 is 16.8 Å². The van der Waals surface area contributed by atoms with E-state index in [2.05, 4.69) is 17.0 Å². The Morgan fingerprint density at radius 1 is 0.567 bits per heavy atom. The van der Waals surface area contributed by atoms with E-state index in [0.717, 1.165) is 16.7 Å². The van der Waals surface area contributed by atoms with E-state index in [1.165, 1.54) is 0 Å². The lowest BCUT2D eigenvalue weighted by Crippen LogP contribution is -1.82. The van der Waals surface area contributed by atoms with Gasteiger partial charge in [0.1, 0.15) is 12.1 Å². The van der Waals surface area contributed by atoms with Crippen LogP contribution in [0.2, 0.25) is 0 Å². The van der Waals surface area contributed by atoms with Crippen molar-refractivity contribution in [3.63, 3.8) is 0 Å². The summed E-state index contributed by atoms with van der Waals surface area (Å²) in [5, 5.41) is 19.9. The third-order valence-corrected chi connectivity index (χ3v) is 4.93. The monoisotopic (exact) mass is 381 g/mol. The summed E-state index contributed by atoms with van der Waals surface area (Å²) in [6, 6.07) is 32.7. The molecule has 3 aromatic rings. The minimum absolute atomic E-state index is 0.452. The normalized spacial score (nSPS) is 17.1. The first-order valence-corrected chi connectivity index (χ1v) is 9.38. The number of hydrogen-bond donors (Lipinski definition) is 0. The lowest BCUT2D eigenvalue weighted by molar-refractivity contribution is 1.51. The van der Waals surface area contributed by atoms with Gasteiger partial charge in [-0.2, -0.15) is 10.5 Å². The fourth-order valence-electron chi connectivity index (χ4n) is 3.52. The van der Waals surface area contributed by atoms with E-state index in [9.17, 15) is 10.5 Å². The molecule has 0 atom stereocenters. The van der Waals surface area contributed by atoms with Gasteiger partial charge in [0.25, 0.3) is 0 Å². The van der Waals surface area contributed by atoms with Crippen molar-refractivity contribution < 1.29 is 0 Å². The third kappa shape index (κ3) is 3.31. The van der Waals surface area contributed by atoms with Gasteiger partial charge in [-0.3, -0.25) is 0 Å². The van der Waals surface area contributed by atoms with Gasteiger partial charge in [0, 0.05) is 0 Å². The summed E-state index contributed by atoms with van der Waals surface area (Å²) in [4.78, 5) is 3.78. The molecule has 30 heavy (non-hydrogen) atoms. The van der Waals surface area contributed by atoms with E-state index < -0.39 is 0 Å². The zero-order valence-corrected chi connectivity index (χ0v) is 16.0. The Morgan fingerprint density at radius 3 is 1.27 bits per heavy atom. The number of nitrogens with zero attached hydrogens (tertiary/aromatic N) is 3. The zero-order valence-electron chi connectivity index (χ0n) is 16.0. The number of allylic oxidation sites excluding steroid dienone is 5. The summed E-state index contributed by atoms with van der Waals surface area (Å²) < 4.78 is 0. The summed E-state index contributed by atoms with van der Waals surface area (Å²) in [5.74, 6) is 0. The molecule has 0 saturated heterocycles. The highest BCUT2D eigenvalue weighted by molar-refractivity contribution is 6.11. The van der Waals surface area contributed by atoms with Crippen molar-refractivity contribution in [3.8, 4) is 12.1 Å². The molecule has 1 aliphatic rings. The molecule has 0 aliphatic heterocycles. The molecular formula is C27H15N3. The van der Waals surface area contributed by atoms with Crippen LogP contribution in [0.4, 0.5) is 0 Å². The second-order valence-corrected chi connectivity index (χ2v) is 6.66. The molecule has 0 radical (unpaired) electrons. The standard InChI is InChI=1S/C27H15N3/c1-30-27(21-15-9-4-10-16-21)26-24(22(17-28)19-11-5-2-6-12-19)25(26)23(18-29)20-13-7-3-8-14-20/h2-16H/b24-22-,25-23+,27-26?. The van der Waals surface area contributed by atoms with Gasteiger partial charge in [-0.25, -0.2) is 4.85 Å². The fraction of sp³-hybridized carbons (Fsp3) is 0. The molecule has 0 aromatic heterocycles. The Morgan fingerprint density at radius 2 is 0.933 bits per heavy atom. The molecule has 0 heterocycles. The summed E-state index contributed by atoms with van der Waals surface area (Å²) in [6.45, 7) is 7.81. The van der Waals surface area contributed by atoms with E-state index in [-0.39, 0.29) is 0 Å². The van der Waals surface area contributed by atoms with Gasteiger partial charge in [-0.1, -0.05) is 91.0 Å². The lowest BCUT2D eigenvalue weighted by atomic mass is 10.0. The van der Waals surface area contributed by atoms with Crippen LogP contribution in [0.25, 0.3) is 21.7 Å². The van der Waals surface area contributed by atoms with Crippen molar-refractivity contribution in [2.45, 2.75) is 0 Å². The molecule has 3 nitrogen and oxygen atoms in total. The first-order chi connectivity index (χ1) is 14.8. The smallest absolute Gasteiger partial charge is 0.202 e. The minimum Gasteiger partial charge on any atom is -0.237 e. The van der Waals surface area contributed by atoms with Crippen LogP contribution in [0.1, 0.15) is 16.7 Å². The number of rotatable bonds is 3. The van der Waals surface area contributed by atoms with E-state index >= 15 is 0 Å². The Bertz CT molecular complexity index is 1140. The van der Waals surface area contributed by atoms with Gasteiger partial charge in [0.15, 0.2) is 0 Å². The summed E-state index contributed by atoms with van der Waals surface area (Å²) >= 11 is 0. The largest absolute Gasteiger partial charge is 0.237 e. The number of nitriles is 2. The highest BCUT2D eigenvalue weighted by atomic mass is 14.7. The second kappa shape index (κ2) is 8.15. The van der Waals surface area contributed by atoms with Crippen molar-refractivity contribution in [1.29, 1.82) is 10.5 Å². The fourth-order valence-corrected chi connectivity index (χ4v) is 3.52. The number of benzene rings is 3. The lowest BCUT2D eigenvalue weighted by Gasteiger charge is -1.97. The van der Waals surface area contributed by atoms with Gasteiger partial charge in [-0.05, 0) is 33.4 Å². The van der Waals surface area contributed by atoms with Crippen molar-refractivity contribution in [1.82, 2.24) is 0 Å².